The van der Waals surface area contributed by atoms with Crippen molar-refractivity contribution in [1.29, 1.82) is 0 Å². The van der Waals surface area contributed by atoms with Crippen molar-refractivity contribution < 1.29 is 8.42 Å². The Hall–Kier alpha value is -1.07. The van der Waals surface area contributed by atoms with E-state index >= 15 is 0 Å². The van der Waals surface area contributed by atoms with E-state index in [9.17, 15) is 8.42 Å². The first kappa shape index (κ1) is 16.3. The molecule has 0 bridgehead atoms. The third-order valence-corrected chi connectivity index (χ3v) is 5.04. The number of nitrogens with two attached hydrogens (primary N) is 1. The van der Waals surface area contributed by atoms with E-state index in [4.69, 9.17) is 5.14 Å². The summed E-state index contributed by atoms with van der Waals surface area (Å²) in [6.07, 6.45) is 3.46. The van der Waals surface area contributed by atoms with Crippen LogP contribution < -0.4 is 10.5 Å². The number of benzene rings is 1. The molecule has 0 aliphatic heterocycles. The first-order chi connectivity index (χ1) is 9.47. The van der Waals surface area contributed by atoms with Crippen LogP contribution in [0.2, 0.25) is 0 Å². The molecule has 0 amide bonds. The molecule has 1 aliphatic carbocycles. The van der Waals surface area contributed by atoms with Crippen LogP contribution in [0.1, 0.15) is 47.0 Å². The minimum Gasteiger partial charge on any atom is -0.382 e. The number of nitrogens with one attached hydrogen (secondary N) is 1. The van der Waals surface area contributed by atoms with Gasteiger partial charge in [0.05, 0.1) is 4.90 Å². The van der Waals surface area contributed by atoms with Gasteiger partial charge in [-0.05, 0) is 54.4 Å². The fourth-order valence-corrected chi connectivity index (χ4v) is 4.44. The van der Waals surface area contributed by atoms with E-state index in [0.717, 1.165) is 18.5 Å². The third-order valence-electron chi connectivity index (χ3n) is 4.11. The minimum atomic E-state index is -3.62. The summed E-state index contributed by atoms with van der Waals surface area (Å²) in [6, 6.07) is 7.08. The monoisotopic (exact) mass is 310 g/mol. The Morgan fingerprint density at radius 2 is 1.52 bits per heavy atom. The highest BCUT2D eigenvalue weighted by atomic mass is 32.2. The van der Waals surface area contributed by atoms with Gasteiger partial charge in [-0.25, -0.2) is 13.6 Å². The number of rotatable bonds is 3. The summed E-state index contributed by atoms with van der Waals surface area (Å²) in [7, 11) is -3.62. The lowest BCUT2D eigenvalue weighted by molar-refractivity contribution is 0.105. The Morgan fingerprint density at radius 3 is 1.95 bits per heavy atom. The van der Waals surface area contributed by atoms with Gasteiger partial charge in [0, 0.05) is 11.7 Å². The lowest BCUT2D eigenvalue weighted by Crippen LogP contribution is -2.40. The van der Waals surface area contributed by atoms with E-state index in [1.54, 1.807) is 24.3 Å². The van der Waals surface area contributed by atoms with Crippen molar-refractivity contribution in [2.45, 2.75) is 57.9 Å². The van der Waals surface area contributed by atoms with E-state index in [0.29, 0.717) is 16.9 Å². The molecular formula is C16H26N2O2S. The summed E-state index contributed by atoms with van der Waals surface area (Å²) in [5.41, 5.74) is 1.58. The summed E-state index contributed by atoms with van der Waals surface area (Å²) in [4.78, 5) is 0.150. The Bertz CT molecular complexity index is 588. The van der Waals surface area contributed by atoms with Crippen LogP contribution in [0, 0.1) is 10.8 Å². The molecule has 21 heavy (non-hydrogen) atoms. The summed E-state index contributed by atoms with van der Waals surface area (Å²) in [6.45, 7) is 9.25. The quantitative estimate of drug-likeness (QED) is 0.899. The molecule has 1 fully saturated rings. The molecule has 2 rings (SSSR count). The van der Waals surface area contributed by atoms with E-state index in [1.165, 1.54) is 6.42 Å². The maximum Gasteiger partial charge on any atom is 0.238 e. The molecule has 0 atom stereocenters. The lowest BCUT2D eigenvalue weighted by Gasteiger charge is -2.45. The maximum atomic E-state index is 11.3. The predicted octanol–water partition coefficient (Wildman–Crippen LogP) is 3.35. The zero-order valence-corrected chi connectivity index (χ0v) is 14.1. The van der Waals surface area contributed by atoms with Crippen molar-refractivity contribution >= 4 is 15.7 Å². The first-order valence-electron chi connectivity index (χ1n) is 7.36. The standard InChI is InChI=1S/C16H26N2O2S/c1-15(2)9-13(10-16(3,4)11-15)18-12-5-7-14(8-6-12)21(17,19)20/h5-8,13,18H,9-11H2,1-4H3,(H2,17,19,20). The zero-order valence-electron chi connectivity index (χ0n) is 13.3. The Kier molecular flexibility index (Phi) is 4.10. The van der Waals surface area contributed by atoms with Crippen LogP contribution in [-0.4, -0.2) is 14.5 Å². The van der Waals surface area contributed by atoms with Gasteiger partial charge in [0.15, 0.2) is 0 Å². The summed E-state index contributed by atoms with van der Waals surface area (Å²) < 4.78 is 22.5. The van der Waals surface area contributed by atoms with E-state index in [2.05, 4.69) is 33.0 Å². The fraction of sp³-hybridized carbons (Fsp3) is 0.625. The summed E-state index contributed by atoms with van der Waals surface area (Å²) in [5, 5.41) is 8.65. The third kappa shape index (κ3) is 4.45. The zero-order chi connectivity index (χ0) is 15.9. The van der Waals surface area contributed by atoms with Gasteiger partial charge in [-0.2, -0.15) is 0 Å². The molecule has 0 saturated heterocycles. The van der Waals surface area contributed by atoms with Crippen LogP contribution >= 0.6 is 0 Å². The topological polar surface area (TPSA) is 72.2 Å². The van der Waals surface area contributed by atoms with Gasteiger partial charge >= 0.3 is 0 Å². The Labute approximate surface area is 128 Å². The largest absolute Gasteiger partial charge is 0.382 e. The molecule has 1 aliphatic rings. The van der Waals surface area contributed by atoms with Gasteiger partial charge in [-0.1, -0.05) is 27.7 Å². The SMILES string of the molecule is CC1(C)CC(Nc2ccc(S(N)(=O)=O)cc2)CC(C)(C)C1. The Balaban J connectivity index is 2.11. The number of hydrogen-bond donors (Lipinski definition) is 2. The van der Waals surface area contributed by atoms with Gasteiger partial charge in [-0.3, -0.25) is 0 Å². The van der Waals surface area contributed by atoms with Crippen LogP contribution in [0.5, 0.6) is 0 Å². The van der Waals surface area contributed by atoms with Crippen LogP contribution in [-0.2, 0) is 10.0 Å². The molecule has 0 radical (unpaired) electrons. The van der Waals surface area contributed by atoms with E-state index < -0.39 is 10.0 Å². The van der Waals surface area contributed by atoms with Crippen molar-refractivity contribution in [3.05, 3.63) is 24.3 Å². The van der Waals surface area contributed by atoms with Crippen molar-refractivity contribution in [3.63, 3.8) is 0 Å². The van der Waals surface area contributed by atoms with E-state index in [-0.39, 0.29) is 4.90 Å². The van der Waals surface area contributed by atoms with Crippen molar-refractivity contribution in [1.82, 2.24) is 0 Å². The Morgan fingerprint density at radius 1 is 1.05 bits per heavy atom. The van der Waals surface area contributed by atoms with Crippen LogP contribution in [0.4, 0.5) is 5.69 Å². The highest BCUT2D eigenvalue weighted by Gasteiger charge is 2.38. The normalized spacial score (nSPS) is 22.0. The second kappa shape index (κ2) is 5.29. The second-order valence-corrected chi connectivity index (χ2v) is 9.39. The highest BCUT2D eigenvalue weighted by molar-refractivity contribution is 7.89. The molecule has 0 heterocycles. The molecule has 1 aromatic carbocycles. The molecule has 0 aromatic heterocycles. The maximum absolute atomic E-state index is 11.3. The molecule has 5 heteroatoms. The van der Waals surface area contributed by atoms with E-state index in [1.807, 2.05) is 0 Å². The highest BCUT2D eigenvalue weighted by Crippen LogP contribution is 2.46. The van der Waals surface area contributed by atoms with Crippen molar-refractivity contribution in [2.75, 3.05) is 5.32 Å². The summed E-state index contributed by atoms with van der Waals surface area (Å²) in [5.74, 6) is 0. The smallest absolute Gasteiger partial charge is 0.238 e. The summed E-state index contributed by atoms with van der Waals surface area (Å²) >= 11 is 0. The van der Waals surface area contributed by atoms with Gasteiger partial charge in [-0.15, -0.1) is 0 Å². The molecule has 1 aromatic rings. The first-order valence-corrected chi connectivity index (χ1v) is 8.91. The molecular weight excluding hydrogens is 284 g/mol. The van der Waals surface area contributed by atoms with Crippen LogP contribution in [0.15, 0.2) is 29.2 Å². The van der Waals surface area contributed by atoms with Crippen LogP contribution in [0.3, 0.4) is 0 Å². The lowest BCUT2D eigenvalue weighted by atomic mass is 9.63. The number of primary sulfonamides is 1. The average molecular weight is 310 g/mol. The molecule has 0 unspecified atom stereocenters. The molecule has 3 N–H and O–H groups in total. The van der Waals surface area contributed by atoms with Crippen molar-refractivity contribution in [3.8, 4) is 0 Å². The van der Waals surface area contributed by atoms with Gasteiger partial charge in [0.2, 0.25) is 10.0 Å². The number of anilines is 1. The number of hydrogen-bond acceptors (Lipinski definition) is 3. The average Bonchev–Trinajstić information content (AvgIpc) is 2.23. The fourth-order valence-electron chi connectivity index (χ4n) is 3.92. The number of sulfonamides is 1. The molecule has 0 spiro atoms. The van der Waals surface area contributed by atoms with Gasteiger partial charge < -0.3 is 5.32 Å². The molecule has 4 nitrogen and oxygen atoms in total. The second-order valence-electron chi connectivity index (χ2n) is 7.82. The van der Waals surface area contributed by atoms with Crippen LogP contribution in [0.25, 0.3) is 0 Å². The van der Waals surface area contributed by atoms with Crippen molar-refractivity contribution in [2.24, 2.45) is 16.0 Å². The predicted molar refractivity (Wildman–Crippen MR) is 86.6 cm³/mol. The molecule has 1 saturated carbocycles. The minimum absolute atomic E-state index is 0.150. The van der Waals surface area contributed by atoms with Gasteiger partial charge in [0.25, 0.3) is 0 Å². The molecule has 118 valence electrons. The van der Waals surface area contributed by atoms with Gasteiger partial charge in [0.1, 0.15) is 0 Å².